The number of anilines is 1. The Bertz CT molecular complexity index is 1860. The number of benzene rings is 3. The third-order valence-corrected chi connectivity index (χ3v) is 9.82. The third kappa shape index (κ3) is 8.26. The van der Waals surface area contributed by atoms with Crippen molar-refractivity contribution in [3.8, 4) is 11.1 Å². The highest BCUT2D eigenvalue weighted by atomic mass is 31.2. The van der Waals surface area contributed by atoms with Crippen LogP contribution in [0.15, 0.2) is 79.1 Å². The molecule has 12 nitrogen and oxygen atoms in total. The molecule has 4 N–H and O–H groups in total. The van der Waals surface area contributed by atoms with Crippen LogP contribution >= 0.6 is 7.82 Å². The maximum Gasteiger partial charge on any atom is 0.476 e. The zero-order valence-corrected chi connectivity index (χ0v) is 29.1. The standard InChI is InChI=1S/C36H40FN6O6P/c1-4-39-35(44)42-30-21-43(30)33-28(38)18-27(32(37)31(33)29-16-11-17-46-29)26-19-40-34(41-20-26)36(2,3)49-50(45,47-22-24-12-7-5-8-13-24)48-23-25-14-9-6-10-15-25/h5-10,12-15,18-20,29H,4,11,16-17,21-23,38H2,1-3H3,(H,39,44)/p+1. The minimum atomic E-state index is -4.17. The van der Waals surface area contributed by atoms with Gasteiger partial charge in [0, 0.05) is 36.7 Å². The first kappa shape index (κ1) is 35.3. The molecule has 0 saturated carbocycles. The average Bonchev–Trinajstić information content (AvgIpc) is 3.63. The van der Waals surface area contributed by atoms with E-state index < -0.39 is 25.3 Å². The number of nitrogens with one attached hydrogen (secondary N) is 2. The fraction of sp³-hybridized carbons (Fsp3) is 0.333. The van der Waals surface area contributed by atoms with Gasteiger partial charge < -0.3 is 15.8 Å². The first-order chi connectivity index (χ1) is 24.1. The number of amides is 2. The summed E-state index contributed by atoms with van der Waals surface area (Å²) in [6.07, 6.45) is 3.83. The van der Waals surface area contributed by atoms with Crippen LogP contribution in [0.2, 0.25) is 0 Å². The summed E-state index contributed by atoms with van der Waals surface area (Å²) >= 11 is 0. The van der Waals surface area contributed by atoms with Gasteiger partial charge in [-0.15, -0.1) is 0 Å². The van der Waals surface area contributed by atoms with E-state index >= 15 is 4.39 Å². The van der Waals surface area contributed by atoms with Gasteiger partial charge in [0.15, 0.2) is 18.1 Å². The molecular weight excluding hydrogens is 662 g/mol. The molecule has 0 radical (unpaired) electrons. The normalized spacial score (nSPS) is 16.0. The number of carbonyl (C=O) groups excluding carboxylic acids is 1. The monoisotopic (exact) mass is 703 g/mol. The molecule has 6 rings (SSSR count). The Balaban J connectivity index is 1.26. The molecule has 1 fully saturated rings. The SMILES string of the molecule is CCNC(=O)NC1=[N+](c2c(N)cc(-c3cnc(C(C)(C)OP(=O)(OCc4ccccc4)OCc4ccccc4)nc3)c(F)c2C2CCCO2)C1. The molecule has 1 atom stereocenters. The Morgan fingerprint density at radius 3 is 2.24 bits per heavy atom. The zero-order valence-electron chi connectivity index (χ0n) is 28.2. The summed E-state index contributed by atoms with van der Waals surface area (Å²) in [5.74, 6) is 0.282. The average molecular weight is 704 g/mol. The Morgan fingerprint density at radius 2 is 1.68 bits per heavy atom. The van der Waals surface area contributed by atoms with E-state index in [-0.39, 0.29) is 30.6 Å². The van der Waals surface area contributed by atoms with Crippen LogP contribution in [-0.2, 0) is 41.7 Å². The molecule has 262 valence electrons. The molecule has 2 aliphatic heterocycles. The highest BCUT2D eigenvalue weighted by Gasteiger charge is 2.42. The predicted octanol–water partition coefficient (Wildman–Crippen LogP) is 6.89. The van der Waals surface area contributed by atoms with Gasteiger partial charge in [-0.2, -0.15) is 5.32 Å². The van der Waals surface area contributed by atoms with Crippen LogP contribution in [0, 0.1) is 5.82 Å². The molecule has 4 aromatic rings. The second-order valence-corrected chi connectivity index (χ2v) is 14.1. The Morgan fingerprint density at radius 1 is 1.06 bits per heavy atom. The number of nitrogens with two attached hydrogens (primary N) is 1. The lowest BCUT2D eigenvalue weighted by molar-refractivity contribution is -0.343. The molecule has 2 aliphatic rings. The van der Waals surface area contributed by atoms with Crippen LogP contribution in [0.4, 0.5) is 20.6 Å². The van der Waals surface area contributed by atoms with E-state index in [9.17, 15) is 9.36 Å². The molecule has 2 amide bonds. The smallest absolute Gasteiger partial charge is 0.395 e. The fourth-order valence-electron chi connectivity index (χ4n) is 5.72. The number of urea groups is 1. The van der Waals surface area contributed by atoms with E-state index in [0.717, 1.165) is 17.5 Å². The number of phosphoric ester groups is 1. The van der Waals surface area contributed by atoms with E-state index in [2.05, 4.69) is 20.6 Å². The largest absolute Gasteiger partial charge is 0.476 e. The van der Waals surface area contributed by atoms with Crippen molar-refractivity contribution in [2.75, 3.05) is 25.4 Å². The van der Waals surface area contributed by atoms with Crippen LogP contribution in [0.1, 0.15) is 62.2 Å². The van der Waals surface area contributed by atoms with E-state index in [0.29, 0.717) is 54.5 Å². The first-order valence-electron chi connectivity index (χ1n) is 16.5. The van der Waals surface area contributed by atoms with Gasteiger partial charge in [0.1, 0.15) is 11.4 Å². The lowest BCUT2D eigenvalue weighted by atomic mass is 9.96. The van der Waals surface area contributed by atoms with Gasteiger partial charge in [0.2, 0.25) is 0 Å². The van der Waals surface area contributed by atoms with E-state index in [4.69, 9.17) is 24.0 Å². The minimum absolute atomic E-state index is 0.00873. The van der Waals surface area contributed by atoms with Crippen molar-refractivity contribution in [2.45, 2.75) is 58.5 Å². The van der Waals surface area contributed by atoms with Crippen molar-refractivity contribution in [3.05, 3.63) is 107 Å². The summed E-state index contributed by atoms with van der Waals surface area (Å²) in [7, 11) is -4.17. The molecule has 3 aromatic carbocycles. The Kier molecular flexibility index (Phi) is 10.7. The molecule has 14 heteroatoms. The second-order valence-electron chi connectivity index (χ2n) is 12.5. The van der Waals surface area contributed by atoms with Crippen LogP contribution < -0.4 is 16.4 Å². The van der Waals surface area contributed by atoms with Gasteiger partial charge in [-0.05, 0) is 50.8 Å². The van der Waals surface area contributed by atoms with Gasteiger partial charge in [-0.1, -0.05) is 60.7 Å². The number of ether oxygens (including phenoxy) is 1. The summed E-state index contributed by atoms with van der Waals surface area (Å²) < 4.78 is 56.0. The number of rotatable bonds is 13. The number of aromatic nitrogens is 2. The molecule has 1 aromatic heterocycles. The van der Waals surface area contributed by atoms with Crippen LogP contribution in [-0.4, -0.2) is 46.1 Å². The van der Waals surface area contributed by atoms with Crippen LogP contribution in [0.5, 0.6) is 0 Å². The fourth-order valence-corrected chi connectivity index (χ4v) is 7.15. The van der Waals surface area contributed by atoms with Crippen molar-refractivity contribution >= 4 is 31.1 Å². The van der Waals surface area contributed by atoms with Crippen LogP contribution in [0.25, 0.3) is 11.1 Å². The molecule has 50 heavy (non-hydrogen) atoms. The summed E-state index contributed by atoms with van der Waals surface area (Å²) in [5, 5.41) is 5.48. The molecule has 3 heterocycles. The van der Waals surface area contributed by atoms with Crippen molar-refractivity contribution < 1.29 is 36.6 Å². The summed E-state index contributed by atoms with van der Waals surface area (Å²) in [5.41, 5.74) is 8.50. The molecule has 0 spiro atoms. The van der Waals surface area contributed by atoms with Gasteiger partial charge >= 0.3 is 19.7 Å². The van der Waals surface area contributed by atoms with Crippen molar-refractivity contribution in [1.29, 1.82) is 0 Å². The van der Waals surface area contributed by atoms with Gasteiger partial charge in [-0.25, -0.2) is 28.3 Å². The van der Waals surface area contributed by atoms with Crippen molar-refractivity contribution in [1.82, 2.24) is 20.6 Å². The molecule has 0 bridgehead atoms. The van der Waals surface area contributed by atoms with E-state index in [1.807, 2.05) is 67.6 Å². The quantitative estimate of drug-likeness (QED) is 0.0769. The number of nitrogens with zero attached hydrogens (tertiary/aromatic N) is 3. The van der Waals surface area contributed by atoms with Gasteiger partial charge in [0.25, 0.3) is 0 Å². The lowest BCUT2D eigenvalue weighted by Crippen LogP contribution is -2.36. The number of phosphoric acid groups is 1. The summed E-state index contributed by atoms with van der Waals surface area (Å²) in [4.78, 5) is 21.1. The predicted molar refractivity (Wildman–Crippen MR) is 186 cm³/mol. The van der Waals surface area contributed by atoms with Crippen molar-refractivity contribution in [2.24, 2.45) is 0 Å². The van der Waals surface area contributed by atoms with Crippen molar-refractivity contribution in [3.63, 3.8) is 0 Å². The Labute approximate surface area is 290 Å². The topological polar surface area (TPSA) is 150 Å². The maximum absolute atomic E-state index is 16.5. The number of amidine groups is 1. The highest BCUT2D eigenvalue weighted by molar-refractivity contribution is 7.48. The number of carbonyl (C=O) groups is 1. The number of hydrogen-bond donors (Lipinski definition) is 3. The lowest BCUT2D eigenvalue weighted by Gasteiger charge is -2.28. The third-order valence-electron chi connectivity index (χ3n) is 8.25. The zero-order chi connectivity index (χ0) is 35.3. The molecule has 1 unspecified atom stereocenters. The molecular formula is C36H41FN6O6P+. The second kappa shape index (κ2) is 15.2. The van der Waals surface area contributed by atoms with Gasteiger partial charge in [-0.3, -0.25) is 13.6 Å². The number of halogens is 1. The molecule has 0 aliphatic carbocycles. The van der Waals surface area contributed by atoms with E-state index in [1.165, 1.54) is 18.5 Å². The van der Waals surface area contributed by atoms with E-state index in [1.54, 1.807) is 18.4 Å². The number of hydrogen-bond acceptors (Lipinski definition) is 9. The Hall–Kier alpha value is -4.52. The molecule has 1 saturated heterocycles. The van der Waals surface area contributed by atoms with Gasteiger partial charge in [0.05, 0.1) is 30.6 Å². The number of nitrogen functional groups attached to an aromatic ring is 1. The first-order valence-corrected chi connectivity index (χ1v) is 17.9. The summed E-state index contributed by atoms with van der Waals surface area (Å²) in [6, 6.07) is 19.8. The van der Waals surface area contributed by atoms with Crippen LogP contribution in [0.3, 0.4) is 0 Å². The minimum Gasteiger partial charge on any atom is -0.395 e. The highest BCUT2D eigenvalue weighted by Crippen LogP contribution is 2.55. The summed E-state index contributed by atoms with van der Waals surface area (Å²) in [6.45, 7) is 6.49. The maximum atomic E-state index is 16.5.